The van der Waals surface area contributed by atoms with E-state index < -0.39 is 15.3 Å². The molecule has 1 saturated heterocycles. The Morgan fingerprint density at radius 3 is 2.56 bits per heavy atom. The first-order valence-electron chi connectivity index (χ1n) is 10.8. The summed E-state index contributed by atoms with van der Waals surface area (Å²) in [5.74, 6) is 0.0753. The number of benzene rings is 1. The third kappa shape index (κ3) is 3.80. The molecule has 3 aromatic rings. The van der Waals surface area contributed by atoms with E-state index in [1.54, 1.807) is 30.6 Å². The highest BCUT2D eigenvalue weighted by atomic mass is 32.2. The van der Waals surface area contributed by atoms with Gasteiger partial charge in [-0.15, -0.1) is 0 Å². The van der Waals surface area contributed by atoms with Crippen LogP contribution in [0.5, 0.6) is 5.88 Å². The van der Waals surface area contributed by atoms with Crippen molar-refractivity contribution in [3.05, 3.63) is 54.6 Å². The Balaban J connectivity index is 1.40. The van der Waals surface area contributed by atoms with Crippen molar-refractivity contribution in [3.63, 3.8) is 0 Å². The van der Waals surface area contributed by atoms with Gasteiger partial charge >= 0.3 is 0 Å². The summed E-state index contributed by atoms with van der Waals surface area (Å²) in [5, 5.41) is 2.69. The Hall–Kier alpha value is -3.44. The van der Waals surface area contributed by atoms with E-state index in [1.807, 2.05) is 19.1 Å². The Morgan fingerprint density at radius 2 is 1.88 bits per heavy atom. The average molecular weight is 482 g/mol. The number of nitrogens with zero attached hydrogens (tertiary/aromatic N) is 4. The number of rotatable bonds is 7. The number of hydrogen-bond acceptors (Lipinski definition) is 9. The van der Waals surface area contributed by atoms with Gasteiger partial charge in [-0.3, -0.25) is 9.78 Å². The zero-order chi connectivity index (χ0) is 23.9. The van der Waals surface area contributed by atoms with Crippen molar-refractivity contribution >= 4 is 21.4 Å². The molecule has 0 spiro atoms. The van der Waals surface area contributed by atoms with Crippen LogP contribution in [-0.2, 0) is 24.8 Å². The van der Waals surface area contributed by atoms with Crippen LogP contribution < -0.4 is 10.1 Å². The van der Waals surface area contributed by atoms with E-state index in [-0.39, 0.29) is 22.9 Å². The minimum Gasteiger partial charge on any atom is -0.477 e. The molecule has 1 saturated carbocycles. The predicted molar refractivity (Wildman–Crippen MR) is 122 cm³/mol. The van der Waals surface area contributed by atoms with Crippen molar-refractivity contribution < 1.29 is 22.7 Å². The molecule has 1 aliphatic heterocycles. The number of sulfone groups is 1. The van der Waals surface area contributed by atoms with E-state index in [0.29, 0.717) is 42.8 Å². The molecule has 3 atom stereocenters. The molecule has 10 nitrogen and oxygen atoms in total. The molecule has 2 aromatic heterocycles. The van der Waals surface area contributed by atoms with Gasteiger partial charge in [-0.05, 0) is 25.1 Å². The summed E-state index contributed by atoms with van der Waals surface area (Å²) in [4.78, 5) is 30.2. The molecule has 176 valence electrons. The van der Waals surface area contributed by atoms with Gasteiger partial charge in [0.15, 0.2) is 0 Å². The van der Waals surface area contributed by atoms with Gasteiger partial charge in [0.05, 0.1) is 43.6 Å². The Labute approximate surface area is 196 Å². The first-order chi connectivity index (χ1) is 16.3. The second-order valence-corrected chi connectivity index (χ2v) is 10.2. The van der Waals surface area contributed by atoms with Crippen molar-refractivity contribution in [2.45, 2.75) is 17.5 Å². The second-order valence-electron chi connectivity index (χ2n) is 8.32. The lowest BCUT2D eigenvalue weighted by atomic mass is 9.94. The number of hydrogen-bond donors (Lipinski definition) is 1. The van der Waals surface area contributed by atoms with Crippen molar-refractivity contribution in [1.82, 2.24) is 19.9 Å². The number of aromatic nitrogens is 4. The van der Waals surface area contributed by atoms with Crippen molar-refractivity contribution in [2.24, 2.45) is 11.8 Å². The molecule has 11 heteroatoms. The van der Waals surface area contributed by atoms with E-state index in [0.717, 1.165) is 11.8 Å². The number of carbonyl (C=O) groups excluding carboxylic acids is 1. The maximum atomic E-state index is 13.5. The fourth-order valence-electron chi connectivity index (χ4n) is 4.60. The summed E-state index contributed by atoms with van der Waals surface area (Å²) >= 11 is 0. The summed E-state index contributed by atoms with van der Waals surface area (Å²) in [6.07, 6.45) is 5.63. The number of anilines is 1. The molecule has 1 amide bonds. The first-order valence-corrected chi connectivity index (χ1v) is 12.7. The minimum atomic E-state index is -3.61. The quantitative estimate of drug-likeness (QED) is 0.502. The fourth-order valence-corrected chi connectivity index (χ4v) is 5.12. The largest absolute Gasteiger partial charge is 0.477 e. The van der Waals surface area contributed by atoms with Gasteiger partial charge in [0.1, 0.15) is 5.41 Å². The highest BCUT2D eigenvalue weighted by molar-refractivity contribution is 7.90. The van der Waals surface area contributed by atoms with Crippen molar-refractivity contribution in [3.8, 4) is 17.1 Å². The van der Waals surface area contributed by atoms with Crippen molar-refractivity contribution in [2.75, 3.05) is 31.4 Å². The normalized spacial score (nSPS) is 23.2. The molecular formula is C23H23N5O5S. The SMILES string of the molecule is CCOc1cncc(-c2ccc(NC(=O)C3(c4ccnc(S(C)(=O)=O)n4)[C@@H]4COC[C@@H]43)cc2)n1. The number of carbonyl (C=O) groups is 1. The summed E-state index contributed by atoms with van der Waals surface area (Å²) in [6.45, 7) is 3.21. The third-order valence-electron chi connectivity index (χ3n) is 6.25. The first kappa shape index (κ1) is 22.4. The molecule has 0 radical (unpaired) electrons. The van der Waals surface area contributed by atoms with Crippen LogP contribution in [0.2, 0.25) is 0 Å². The third-order valence-corrected chi connectivity index (χ3v) is 7.11. The summed E-state index contributed by atoms with van der Waals surface area (Å²) in [7, 11) is -3.61. The lowest BCUT2D eigenvalue weighted by Gasteiger charge is -2.20. The fraction of sp³-hybridized carbons (Fsp3) is 0.348. The second kappa shape index (κ2) is 8.41. The zero-order valence-electron chi connectivity index (χ0n) is 18.6. The van der Waals surface area contributed by atoms with Crippen LogP contribution in [0.25, 0.3) is 11.3 Å². The van der Waals surface area contributed by atoms with E-state index in [9.17, 15) is 13.2 Å². The van der Waals surface area contributed by atoms with Crippen LogP contribution in [0.1, 0.15) is 12.6 Å². The molecule has 5 rings (SSSR count). The lowest BCUT2D eigenvalue weighted by Crippen LogP contribution is -2.35. The van der Waals surface area contributed by atoms with E-state index in [1.165, 1.54) is 6.20 Å². The number of nitrogens with one attached hydrogen (secondary N) is 1. The number of ether oxygens (including phenoxy) is 2. The van der Waals surface area contributed by atoms with Crippen LogP contribution in [0, 0.1) is 11.8 Å². The molecule has 3 heterocycles. The molecule has 1 unspecified atom stereocenters. The smallest absolute Gasteiger partial charge is 0.247 e. The highest BCUT2D eigenvalue weighted by Gasteiger charge is 2.73. The van der Waals surface area contributed by atoms with Crippen LogP contribution in [0.15, 0.2) is 54.1 Å². The molecule has 0 bridgehead atoms. The van der Waals surface area contributed by atoms with Crippen LogP contribution >= 0.6 is 0 Å². The lowest BCUT2D eigenvalue weighted by molar-refractivity contribution is -0.120. The van der Waals surface area contributed by atoms with Gasteiger partial charge in [0.2, 0.25) is 26.8 Å². The summed E-state index contributed by atoms with van der Waals surface area (Å²) in [6, 6.07) is 8.86. The van der Waals surface area contributed by atoms with Crippen LogP contribution in [0.4, 0.5) is 5.69 Å². The average Bonchev–Trinajstić information content (AvgIpc) is 3.20. The number of amides is 1. The van der Waals surface area contributed by atoms with Crippen LogP contribution in [-0.4, -0.2) is 60.3 Å². The summed E-state index contributed by atoms with van der Waals surface area (Å²) in [5.41, 5.74) is 1.54. The Kier molecular flexibility index (Phi) is 5.53. The van der Waals surface area contributed by atoms with Gasteiger partial charge in [0, 0.05) is 35.5 Å². The Bertz CT molecular complexity index is 1340. The van der Waals surface area contributed by atoms with Gasteiger partial charge < -0.3 is 14.8 Å². The highest BCUT2D eigenvalue weighted by Crippen LogP contribution is 2.63. The maximum absolute atomic E-state index is 13.5. The topological polar surface area (TPSA) is 133 Å². The maximum Gasteiger partial charge on any atom is 0.247 e. The van der Waals surface area contributed by atoms with E-state index in [2.05, 4.69) is 25.3 Å². The van der Waals surface area contributed by atoms with Crippen molar-refractivity contribution in [1.29, 1.82) is 0 Å². The predicted octanol–water partition coefficient (Wildman–Crippen LogP) is 1.89. The van der Waals surface area contributed by atoms with Gasteiger partial charge in [-0.25, -0.2) is 23.4 Å². The van der Waals surface area contributed by atoms with Gasteiger partial charge in [-0.2, -0.15) is 0 Å². The molecule has 34 heavy (non-hydrogen) atoms. The van der Waals surface area contributed by atoms with Gasteiger partial charge in [0.25, 0.3) is 0 Å². The molecule has 1 aromatic carbocycles. The molecule has 1 aliphatic carbocycles. The van der Waals surface area contributed by atoms with Crippen LogP contribution in [0.3, 0.4) is 0 Å². The molecule has 2 aliphatic rings. The van der Waals surface area contributed by atoms with E-state index >= 15 is 0 Å². The molecule has 2 fully saturated rings. The Morgan fingerprint density at radius 1 is 1.15 bits per heavy atom. The molecule has 1 N–H and O–H groups in total. The van der Waals surface area contributed by atoms with Gasteiger partial charge in [-0.1, -0.05) is 12.1 Å². The minimum absolute atomic E-state index is 0.0642. The zero-order valence-corrected chi connectivity index (χ0v) is 19.4. The summed E-state index contributed by atoms with van der Waals surface area (Å²) < 4.78 is 34.9. The number of fused-ring (bicyclic) bond motifs is 1. The van der Waals surface area contributed by atoms with E-state index in [4.69, 9.17) is 9.47 Å². The molecular weight excluding hydrogens is 458 g/mol. The standard InChI is InChI=1S/C23H23N5O5S/c1-3-33-20-11-24-10-18(27-20)14-4-6-15(7-5-14)26-21(29)23(16-12-32-13-17(16)23)19-8-9-25-22(28-19)34(2,30)31/h4-11,16-17H,3,12-13H2,1-2H3,(H,26,29)/t16-,17+,23?. The monoisotopic (exact) mass is 481 g/mol.